The smallest absolute Gasteiger partial charge is 0.305 e. The third kappa shape index (κ3) is 20.3. The monoisotopic (exact) mass is 537 g/mol. The topological polar surface area (TPSA) is 32.8 Å². The number of unbranched alkanes of at least 4 members (excludes halogenated alkanes) is 17. The van der Waals surface area contributed by atoms with Crippen molar-refractivity contribution in [3.63, 3.8) is 0 Å². The molecule has 226 valence electrons. The zero-order valence-corrected chi connectivity index (χ0v) is 26.6. The Balaban J connectivity index is 1.73. The van der Waals surface area contributed by atoms with Gasteiger partial charge < -0.3 is 4.74 Å². The minimum absolute atomic E-state index is 0.0227. The molecule has 0 aromatic heterocycles. The van der Waals surface area contributed by atoms with Gasteiger partial charge in [-0.15, -0.1) is 0 Å². The first kappa shape index (κ1) is 35.4. The Morgan fingerprint density at radius 3 is 1.37 bits per heavy atom. The normalized spacial score (nSPS) is 17.2. The molecular weight excluding hydrogens is 468 g/mol. The summed E-state index contributed by atoms with van der Waals surface area (Å²) in [6, 6.07) is 0. The Morgan fingerprint density at radius 2 is 0.974 bits per heavy atom. The average Bonchev–Trinajstić information content (AvgIpc) is 3.63. The lowest BCUT2D eigenvalue weighted by Crippen LogP contribution is -2.40. The molecule has 0 radical (unpaired) electrons. The molecule has 1 saturated carbocycles. The van der Waals surface area contributed by atoms with Gasteiger partial charge in [0.25, 0.3) is 0 Å². The molecule has 2 atom stereocenters. The average molecular weight is 537 g/mol. The maximum atomic E-state index is 11.3. The van der Waals surface area contributed by atoms with Crippen LogP contribution in [0.1, 0.15) is 161 Å². The van der Waals surface area contributed by atoms with Crippen molar-refractivity contribution < 1.29 is 9.53 Å². The summed E-state index contributed by atoms with van der Waals surface area (Å²) in [6.07, 6.45) is 33.4. The van der Waals surface area contributed by atoms with Crippen molar-refractivity contribution in [2.75, 3.05) is 34.8 Å². The number of carbonyl (C=O) groups is 1. The molecule has 38 heavy (non-hydrogen) atoms. The van der Waals surface area contributed by atoms with Gasteiger partial charge in [-0.25, -0.2) is 0 Å². The van der Waals surface area contributed by atoms with Crippen LogP contribution in [0, 0.1) is 11.8 Å². The highest BCUT2D eigenvalue weighted by atomic mass is 16.5. The fourth-order valence-corrected chi connectivity index (χ4v) is 6.29. The molecule has 2 unspecified atom stereocenters. The lowest BCUT2D eigenvalue weighted by molar-refractivity contribution is -0.143. The van der Waals surface area contributed by atoms with Crippen LogP contribution in [0.5, 0.6) is 0 Å². The highest BCUT2D eigenvalue weighted by Gasteiger charge is 2.34. The van der Waals surface area contributed by atoms with Crippen molar-refractivity contribution >= 4 is 5.97 Å². The number of esters is 1. The predicted molar refractivity (Wildman–Crippen MR) is 166 cm³/mol. The summed E-state index contributed by atoms with van der Waals surface area (Å²) in [5.74, 6) is 2.09. The first-order chi connectivity index (χ1) is 18.5. The van der Waals surface area contributed by atoms with Crippen molar-refractivity contribution in [1.29, 1.82) is 0 Å². The predicted octanol–water partition coefficient (Wildman–Crippen LogP) is 9.61. The molecule has 1 fully saturated rings. The Hall–Kier alpha value is -0.610. The molecule has 0 bridgehead atoms. The maximum absolute atomic E-state index is 11.3. The van der Waals surface area contributed by atoms with E-state index in [9.17, 15) is 4.79 Å². The van der Waals surface area contributed by atoms with Crippen molar-refractivity contribution in [3.8, 4) is 0 Å². The number of hydrogen-bond donors (Lipinski definition) is 0. The van der Waals surface area contributed by atoms with Gasteiger partial charge in [-0.1, -0.05) is 128 Å². The van der Waals surface area contributed by atoms with E-state index in [1.165, 1.54) is 141 Å². The van der Waals surface area contributed by atoms with Gasteiger partial charge in [0.15, 0.2) is 0 Å². The highest BCUT2D eigenvalue weighted by molar-refractivity contribution is 5.69. The van der Waals surface area contributed by atoms with Gasteiger partial charge >= 0.3 is 5.97 Å². The summed E-state index contributed by atoms with van der Waals surface area (Å²) in [4.78, 5) is 16.0. The van der Waals surface area contributed by atoms with Crippen LogP contribution < -0.4 is 0 Å². The summed E-state index contributed by atoms with van der Waals surface area (Å²) in [7, 11) is 8.78. The third-order valence-electron chi connectivity index (χ3n) is 8.81. The molecular formula is C34H68N2O2. The molecule has 0 aliphatic heterocycles. The van der Waals surface area contributed by atoms with Crippen molar-refractivity contribution in [1.82, 2.24) is 9.80 Å². The lowest BCUT2D eigenvalue weighted by atomic mass is 10.0. The number of carbonyl (C=O) groups excluding carboxylic acids is 1. The zero-order valence-electron chi connectivity index (χ0n) is 26.6. The van der Waals surface area contributed by atoms with Crippen LogP contribution in [0.3, 0.4) is 0 Å². The Labute approximate surface area is 239 Å². The quantitative estimate of drug-likeness (QED) is 0.0566. The van der Waals surface area contributed by atoms with Gasteiger partial charge in [-0.2, -0.15) is 0 Å². The van der Waals surface area contributed by atoms with E-state index in [0.29, 0.717) is 19.2 Å². The van der Waals surface area contributed by atoms with E-state index in [4.69, 9.17) is 4.74 Å². The molecule has 0 saturated heterocycles. The molecule has 0 heterocycles. The van der Waals surface area contributed by atoms with Crippen LogP contribution in [-0.4, -0.2) is 56.7 Å². The van der Waals surface area contributed by atoms with E-state index in [2.05, 4.69) is 38.0 Å². The number of ether oxygens (including phenoxy) is 1. The fraction of sp³-hybridized carbons (Fsp3) is 0.971. The zero-order chi connectivity index (χ0) is 27.8. The molecule has 1 aliphatic rings. The minimum atomic E-state index is -0.0227. The minimum Gasteiger partial charge on any atom is -0.466 e. The number of rotatable bonds is 28. The summed E-state index contributed by atoms with van der Waals surface area (Å²) in [5.41, 5.74) is 0. The summed E-state index contributed by atoms with van der Waals surface area (Å²) in [5, 5.41) is 0. The van der Waals surface area contributed by atoms with Gasteiger partial charge in [0, 0.05) is 6.42 Å². The number of hydrogen-bond acceptors (Lipinski definition) is 4. The van der Waals surface area contributed by atoms with Crippen molar-refractivity contribution in [3.05, 3.63) is 0 Å². The standard InChI is InChI=1S/C34H68N2O2/c1-6-38-34(37)29-25-21-17-19-23-27-32-30-31(32)26-22-18-15-13-11-9-7-8-10-12-14-16-20-24-28-33(35(2)3)36(4)5/h31-33H,6-30H2,1-5H3. The largest absolute Gasteiger partial charge is 0.466 e. The first-order valence-electron chi connectivity index (χ1n) is 16.9. The van der Waals surface area contributed by atoms with Crippen LogP contribution in [0.25, 0.3) is 0 Å². The lowest BCUT2D eigenvalue weighted by Gasteiger charge is -2.30. The Kier molecular flexibility index (Phi) is 22.6. The van der Waals surface area contributed by atoms with Gasteiger partial charge in [-0.3, -0.25) is 14.6 Å². The van der Waals surface area contributed by atoms with E-state index in [-0.39, 0.29) is 5.97 Å². The highest BCUT2D eigenvalue weighted by Crippen LogP contribution is 2.45. The second-order valence-electron chi connectivity index (χ2n) is 12.8. The summed E-state index contributed by atoms with van der Waals surface area (Å²) in [6.45, 7) is 2.39. The molecule has 1 aliphatic carbocycles. The molecule has 0 aromatic carbocycles. The van der Waals surface area contributed by atoms with E-state index >= 15 is 0 Å². The molecule has 1 rings (SSSR count). The molecule has 0 aromatic rings. The molecule has 0 N–H and O–H groups in total. The second kappa shape index (κ2) is 24.2. The van der Waals surface area contributed by atoms with Gasteiger partial charge in [0.2, 0.25) is 0 Å². The van der Waals surface area contributed by atoms with E-state index in [0.717, 1.165) is 18.3 Å². The van der Waals surface area contributed by atoms with Crippen molar-refractivity contribution in [2.24, 2.45) is 11.8 Å². The fourth-order valence-electron chi connectivity index (χ4n) is 6.29. The molecule has 4 heteroatoms. The molecule has 4 nitrogen and oxygen atoms in total. The van der Waals surface area contributed by atoms with E-state index in [1.54, 1.807) is 0 Å². The van der Waals surface area contributed by atoms with Crippen LogP contribution in [0.15, 0.2) is 0 Å². The van der Waals surface area contributed by atoms with Crippen LogP contribution in [-0.2, 0) is 9.53 Å². The van der Waals surface area contributed by atoms with Crippen LogP contribution >= 0.6 is 0 Å². The maximum Gasteiger partial charge on any atom is 0.305 e. The van der Waals surface area contributed by atoms with Crippen molar-refractivity contribution in [2.45, 2.75) is 167 Å². The van der Waals surface area contributed by atoms with Gasteiger partial charge in [0.1, 0.15) is 0 Å². The van der Waals surface area contributed by atoms with Gasteiger partial charge in [-0.05, 0) is 66.2 Å². The first-order valence-corrected chi connectivity index (χ1v) is 16.9. The SMILES string of the molecule is CCOC(=O)CCCCCCCC1CC1CCCCCCCCCCCCCCCCC(N(C)C)N(C)C. The van der Waals surface area contributed by atoms with E-state index in [1.807, 2.05) is 6.92 Å². The number of nitrogens with zero attached hydrogens (tertiary/aromatic N) is 2. The van der Waals surface area contributed by atoms with Crippen LogP contribution in [0.4, 0.5) is 0 Å². The van der Waals surface area contributed by atoms with E-state index < -0.39 is 0 Å². The summed E-state index contributed by atoms with van der Waals surface area (Å²) >= 11 is 0. The van der Waals surface area contributed by atoms with Gasteiger partial charge in [0.05, 0.1) is 12.8 Å². The summed E-state index contributed by atoms with van der Waals surface area (Å²) < 4.78 is 4.99. The Bertz CT molecular complexity index is 529. The molecule has 0 amide bonds. The Morgan fingerprint density at radius 1 is 0.605 bits per heavy atom. The third-order valence-corrected chi connectivity index (χ3v) is 8.81. The molecule has 0 spiro atoms. The van der Waals surface area contributed by atoms with Crippen LogP contribution in [0.2, 0.25) is 0 Å². The second-order valence-corrected chi connectivity index (χ2v) is 12.8.